The zero-order chi connectivity index (χ0) is 23.5. The summed E-state index contributed by atoms with van der Waals surface area (Å²) in [4.78, 5) is 16.4. The summed E-state index contributed by atoms with van der Waals surface area (Å²) < 4.78 is 84.2. The summed E-state index contributed by atoms with van der Waals surface area (Å²) in [5.74, 6) is -0.811. The maximum absolute atomic E-state index is 13.6. The van der Waals surface area contributed by atoms with Crippen molar-refractivity contribution in [2.45, 2.75) is 18.4 Å². The standard InChI is InChI=1S/C20H14F6N4O2/c1-32-15-9-8-14(29-30-15)18(31)28-16(11-4-6-12(7-5-11)19(21,22)23)17-13(20(24,25)26)3-2-10-27-17/h2-10,16H,1H3,(H,28,31)/t16-/m0/s1. The van der Waals surface area contributed by atoms with Crippen molar-refractivity contribution in [3.05, 3.63) is 82.8 Å². The van der Waals surface area contributed by atoms with Crippen molar-refractivity contribution in [3.63, 3.8) is 0 Å². The Bertz CT molecular complexity index is 1080. The molecule has 0 aliphatic rings. The number of aromatic nitrogens is 3. The van der Waals surface area contributed by atoms with Gasteiger partial charge < -0.3 is 10.1 Å². The first kappa shape index (κ1) is 23.0. The number of benzene rings is 1. The Morgan fingerprint density at radius 1 is 0.938 bits per heavy atom. The van der Waals surface area contributed by atoms with Crippen molar-refractivity contribution in [1.29, 1.82) is 0 Å². The van der Waals surface area contributed by atoms with E-state index in [1.165, 1.54) is 19.2 Å². The van der Waals surface area contributed by atoms with Gasteiger partial charge in [-0.1, -0.05) is 12.1 Å². The van der Waals surface area contributed by atoms with Gasteiger partial charge in [-0.25, -0.2) is 0 Å². The van der Waals surface area contributed by atoms with E-state index in [0.717, 1.165) is 30.5 Å². The second kappa shape index (κ2) is 8.81. The lowest BCUT2D eigenvalue weighted by Gasteiger charge is -2.22. The maximum Gasteiger partial charge on any atom is 0.418 e. The molecule has 0 bridgehead atoms. The third-order valence-electron chi connectivity index (χ3n) is 4.35. The molecule has 168 valence electrons. The molecule has 0 saturated heterocycles. The zero-order valence-electron chi connectivity index (χ0n) is 16.2. The van der Waals surface area contributed by atoms with Gasteiger partial charge in [0.1, 0.15) is 0 Å². The molecule has 0 aliphatic carbocycles. The van der Waals surface area contributed by atoms with E-state index in [9.17, 15) is 31.1 Å². The molecule has 0 spiro atoms. The number of nitrogens with zero attached hydrogens (tertiary/aromatic N) is 3. The minimum absolute atomic E-state index is 0.0444. The highest BCUT2D eigenvalue weighted by molar-refractivity contribution is 5.92. The Hall–Kier alpha value is -3.70. The van der Waals surface area contributed by atoms with Crippen LogP contribution >= 0.6 is 0 Å². The van der Waals surface area contributed by atoms with Gasteiger partial charge in [-0.05, 0) is 35.9 Å². The third kappa shape index (κ3) is 5.13. The maximum atomic E-state index is 13.6. The second-order valence-electron chi connectivity index (χ2n) is 6.42. The first-order valence-electron chi connectivity index (χ1n) is 8.88. The first-order valence-corrected chi connectivity index (χ1v) is 8.88. The number of carbonyl (C=O) groups excluding carboxylic acids is 1. The van der Waals surface area contributed by atoms with Gasteiger partial charge >= 0.3 is 12.4 Å². The van der Waals surface area contributed by atoms with Crippen molar-refractivity contribution < 1.29 is 35.9 Å². The van der Waals surface area contributed by atoms with Gasteiger partial charge in [0.15, 0.2) is 5.69 Å². The molecule has 0 saturated carbocycles. The zero-order valence-corrected chi connectivity index (χ0v) is 16.2. The highest BCUT2D eigenvalue weighted by atomic mass is 19.4. The van der Waals surface area contributed by atoms with E-state index in [1.807, 2.05) is 0 Å². The summed E-state index contributed by atoms with van der Waals surface area (Å²) in [5.41, 5.74) is -3.02. The fourth-order valence-electron chi connectivity index (χ4n) is 2.82. The van der Waals surface area contributed by atoms with Gasteiger partial charge in [-0.2, -0.15) is 26.3 Å². The molecule has 2 heterocycles. The van der Waals surface area contributed by atoms with Crippen molar-refractivity contribution in [3.8, 4) is 5.88 Å². The largest absolute Gasteiger partial charge is 0.480 e. The predicted octanol–water partition coefficient (Wildman–Crippen LogP) is 4.44. The monoisotopic (exact) mass is 456 g/mol. The van der Waals surface area contributed by atoms with Gasteiger partial charge in [0.05, 0.1) is 30.0 Å². The highest BCUT2D eigenvalue weighted by Crippen LogP contribution is 2.36. The number of pyridine rings is 1. The van der Waals surface area contributed by atoms with Crippen molar-refractivity contribution in [2.75, 3.05) is 7.11 Å². The summed E-state index contributed by atoms with van der Waals surface area (Å²) in [5, 5.41) is 9.59. The van der Waals surface area contributed by atoms with Gasteiger partial charge in [0.2, 0.25) is 5.88 Å². The number of hydrogen-bond donors (Lipinski definition) is 1. The molecule has 3 aromatic rings. The lowest BCUT2D eigenvalue weighted by atomic mass is 9.97. The number of ether oxygens (including phenoxy) is 1. The molecular weight excluding hydrogens is 442 g/mol. The van der Waals surface area contributed by atoms with Crippen LogP contribution in [0.4, 0.5) is 26.3 Å². The number of amides is 1. The average Bonchev–Trinajstić information content (AvgIpc) is 2.76. The number of alkyl halides is 6. The molecule has 1 N–H and O–H groups in total. The molecular formula is C20H14F6N4O2. The minimum atomic E-state index is -4.82. The Labute approximate surface area is 177 Å². The SMILES string of the molecule is COc1ccc(C(=O)N[C@@H](c2ccc(C(F)(F)F)cc2)c2ncccc2C(F)(F)F)nn1. The van der Waals surface area contributed by atoms with Gasteiger partial charge in [0.25, 0.3) is 5.91 Å². The number of hydrogen-bond acceptors (Lipinski definition) is 5. The quantitative estimate of drug-likeness (QED) is 0.575. The summed E-state index contributed by atoms with van der Waals surface area (Å²) in [6.45, 7) is 0. The molecule has 2 aromatic heterocycles. The normalized spacial score (nSPS) is 12.8. The van der Waals surface area contributed by atoms with E-state index in [1.54, 1.807) is 0 Å². The van der Waals surface area contributed by atoms with Gasteiger partial charge in [-0.3, -0.25) is 9.78 Å². The first-order chi connectivity index (χ1) is 15.0. The van der Waals surface area contributed by atoms with Crippen molar-refractivity contribution in [2.24, 2.45) is 0 Å². The van der Waals surface area contributed by atoms with Gasteiger partial charge in [-0.15, -0.1) is 10.2 Å². The smallest absolute Gasteiger partial charge is 0.418 e. The van der Waals surface area contributed by atoms with Crippen LogP contribution in [-0.2, 0) is 12.4 Å². The van der Waals surface area contributed by atoms with E-state index >= 15 is 0 Å². The molecule has 3 rings (SSSR count). The van der Waals surface area contributed by atoms with E-state index in [0.29, 0.717) is 12.1 Å². The Kier molecular flexibility index (Phi) is 6.32. The van der Waals surface area contributed by atoms with Crippen LogP contribution in [0, 0.1) is 0 Å². The average molecular weight is 456 g/mol. The van der Waals surface area contributed by atoms with E-state index in [4.69, 9.17) is 4.74 Å². The number of halogens is 6. The lowest BCUT2D eigenvalue weighted by Crippen LogP contribution is -2.32. The molecule has 0 aliphatic heterocycles. The lowest BCUT2D eigenvalue weighted by molar-refractivity contribution is -0.139. The fourth-order valence-corrected chi connectivity index (χ4v) is 2.82. The fraction of sp³-hybridized carbons (Fsp3) is 0.200. The minimum Gasteiger partial charge on any atom is -0.480 e. The van der Waals surface area contributed by atoms with Crippen molar-refractivity contribution in [1.82, 2.24) is 20.5 Å². The van der Waals surface area contributed by atoms with Crippen LogP contribution in [0.5, 0.6) is 5.88 Å². The highest BCUT2D eigenvalue weighted by Gasteiger charge is 2.37. The second-order valence-corrected chi connectivity index (χ2v) is 6.42. The summed E-state index contributed by atoms with van der Waals surface area (Å²) in [6.07, 6.45) is -8.38. The molecule has 1 atom stereocenters. The van der Waals surface area contributed by atoms with Crippen LogP contribution in [-0.4, -0.2) is 28.2 Å². The van der Waals surface area contributed by atoms with Gasteiger partial charge in [0, 0.05) is 12.3 Å². The van der Waals surface area contributed by atoms with E-state index in [-0.39, 0.29) is 17.1 Å². The van der Waals surface area contributed by atoms with E-state index in [2.05, 4.69) is 20.5 Å². The van der Waals surface area contributed by atoms with E-state index < -0.39 is 41.1 Å². The predicted molar refractivity (Wildman–Crippen MR) is 98.6 cm³/mol. The topological polar surface area (TPSA) is 77.0 Å². The third-order valence-corrected chi connectivity index (χ3v) is 4.35. The Morgan fingerprint density at radius 3 is 2.16 bits per heavy atom. The summed E-state index contributed by atoms with van der Waals surface area (Å²) in [6, 6.07) is 6.21. The van der Waals surface area contributed by atoms with Crippen LogP contribution in [0.1, 0.15) is 38.9 Å². The molecule has 0 unspecified atom stereocenters. The number of rotatable bonds is 5. The summed E-state index contributed by atoms with van der Waals surface area (Å²) >= 11 is 0. The number of methoxy groups -OCH3 is 1. The molecule has 32 heavy (non-hydrogen) atoms. The summed E-state index contributed by atoms with van der Waals surface area (Å²) in [7, 11) is 1.32. The number of carbonyl (C=O) groups is 1. The molecule has 0 radical (unpaired) electrons. The molecule has 1 aromatic carbocycles. The van der Waals surface area contributed by atoms with Crippen LogP contribution in [0.3, 0.4) is 0 Å². The van der Waals surface area contributed by atoms with Crippen molar-refractivity contribution >= 4 is 5.91 Å². The van der Waals surface area contributed by atoms with Crippen LogP contribution < -0.4 is 10.1 Å². The molecule has 0 fully saturated rings. The molecule has 1 amide bonds. The van der Waals surface area contributed by atoms with Crippen LogP contribution in [0.2, 0.25) is 0 Å². The Balaban J connectivity index is 2.05. The molecule has 6 nitrogen and oxygen atoms in total. The van der Waals surface area contributed by atoms with Crippen LogP contribution in [0.25, 0.3) is 0 Å². The molecule has 12 heteroatoms. The van der Waals surface area contributed by atoms with Crippen LogP contribution in [0.15, 0.2) is 54.7 Å². The Morgan fingerprint density at radius 2 is 1.62 bits per heavy atom. The number of nitrogens with one attached hydrogen (secondary N) is 1.